The van der Waals surface area contributed by atoms with Crippen LogP contribution in [-0.4, -0.2) is 34.2 Å². The Hall–Kier alpha value is -1.99. The quantitative estimate of drug-likeness (QED) is 0.192. The van der Waals surface area contributed by atoms with Crippen molar-refractivity contribution in [1.82, 2.24) is 5.43 Å². The minimum absolute atomic E-state index is 0.0958. The summed E-state index contributed by atoms with van der Waals surface area (Å²) in [6.07, 6.45) is -0.370. The van der Waals surface area contributed by atoms with Gasteiger partial charge in [0, 0.05) is 6.42 Å². The summed E-state index contributed by atoms with van der Waals surface area (Å²) < 4.78 is 0. The molecule has 14 heavy (non-hydrogen) atoms. The van der Waals surface area contributed by atoms with Gasteiger partial charge in [0.15, 0.2) is 0 Å². The molecule has 0 aliphatic rings. The van der Waals surface area contributed by atoms with Crippen LogP contribution >= 0.6 is 0 Å². The van der Waals surface area contributed by atoms with Crippen LogP contribution in [0.1, 0.15) is 12.8 Å². The number of carboxylic acid groups (broad SMARTS) is 2. The summed E-state index contributed by atoms with van der Waals surface area (Å²) in [5.74, 6) is -2.61. The van der Waals surface area contributed by atoms with Gasteiger partial charge in [0.05, 0.1) is 0 Å². The molecule has 0 heterocycles. The molecule has 1 atom stereocenters. The fourth-order valence-electron chi connectivity index (χ4n) is 0.664. The Morgan fingerprint density at radius 3 is 2.29 bits per heavy atom. The molecule has 0 bridgehead atoms. The topological polar surface area (TPSA) is 151 Å². The van der Waals surface area contributed by atoms with Crippen LogP contribution in [0.5, 0.6) is 0 Å². The normalized spacial score (nSPS) is 11.4. The third kappa shape index (κ3) is 5.63. The van der Waals surface area contributed by atoms with E-state index in [1.165, 1.54) is 0 Å². The third-order valence-corrected chi connectivity index (χ3v) is 1.29. The predicted molar refractivity (Wildman–Crippen MR) is 47.2 cm³/mol. The maximum absolute atomic E-state index is 10.5. The van der Waals surface area contributed by atoms with E-state index in [2.05, 4.69) is 10.5 Å². The number of hydrazone groups is 1. The van der Waals surface area contributed by atoms with E-state index in [1.807, 2.05) is 0 Å². The summed E-state index contributed by atoms with van der Waals surface area (Å²) in [5.41, 5.74) is 12.1. The number of aliphatic carboxylic acids is 2. The van der Waals surface area contributed by atoms with E-state index in [-0.39, 0.29) is 18.8 Å². The van der Waals surface area contributed by atoms with Gasteiger partial charge in [-0.3, -0.25) is 10.2 Å². The highest BCUT2D eigenvalue weighted by molar-refractivity contribution is 5.77. The smallest absolute Gasteiger partial charge is 0.327 e. The lowest BCUT2D eigenvalue weighted by atomic mass is 10.2. The minimum atomic E-state index is -1.21. The van der Waals surface area contributed by atoms with Crippen LogP contribution in [-0.2, 0) is 9.59 Å². The zero-order valence-corrected chi connectivity index (χ0v) is 7.30. The van der Waals surface area contributed by atoms with Crippen LogP contribution in [0.4, 0.5) is 0 Å². The van der Waals surface area contributed by atoms with Gasteiger partial charge in [-0.2, -0.15) is 0 Å². The van der Waals surface area contributed by atoms with E-state index < -0.39 is 18.0 Å². The molecule has 0 amide bonds. The molecule has 0 aliphatic carbocycles. The Kier molecular flexibility index (Phi) is 4.82. The number of hydrogen-bond donors (Lipinski definition) is 5. The summed E-state index contributed by atoms with van der Waals surface area (Å²) in [5, 5.41) is 20.2. The molecule has 0 aliphatic heterocycles. The van der Waals surface area contributed by atoms with Crippen LogP contribution < -0.4 is 16.9 Å². The molecule has 0 aromatic carbocycles. The summed E-state index contributed by atoms with van der Waals surface area (Å²) in [6, 6.07) is -1.10. The molecule has 1 unspecified atom stereocenters. The molecule has 0 saturated heterocycles. The average Bonchev–Trinajstić information content (AvgIpc) is 2.02. The van der Waals surface area contributed by atoms with Crippen molar-refractivity contribution in [3.05, 3.63) is 0 Å². The third-order valence-electron chi connectivity index (χ3n) is 1.29. The lowest BCUT2D eigenvalue weighted by Crippen LogP contribution is -2.37. The molecule has 7 N–H and O–H groups in total. The molecule has 0 aromatic heterocycles. The number of hydrogen-bond acceptors (Lipinski definition) is 4. The molecule has 0 radical (unpaired) electrons. The minimum Gasteiger partial charge on any atom is -0.481 e. The lowest BCUT2D eigenvalue weighted by molar-refractivity contribution is -0.140. The van der Waals surface area contributed by atoms with E-state index in [9.17, 15) is 9.59 Å². The van der Waals surface area contributed by atoms with Gasteiger partial charge in [0.1, 0.15) is 6.04 Å². The number of carbonyl (C=O) groups is 2. The lowest BCUT2D eigenvalue weighted by Gasteiger charge is -2.09. The molecule has 80 valence electrons. The summed E-state index contributed by atoms with van der Waals surface area (Å²) >= 11 is 0. The maximum Gasteiger partial charge on any atom is 0.327 e. The second-order valence-electron chi connectivity index (χ2n) is 2.49. The van der Waals surface area contributed by atoms with Crippen molar-refractivity contribution in [2.45, 2.75) is 18.9 Å². The van der Waals surface area contributed by atoms with Crippen LogP contribution in [0.2, 0.25) is 0 Å². The van der Waals surface area contributed by atoms with E-state index in [0.29, 0.717) is 0 Å². The first-order valence-corrected chi connectivity index (χ1v) is 3.72. The van der Waals surface area contributed by atoms with Crippen LogP contribution in [0.25, 0.3) is 0 Å². The van der Waals surface area contributed by atoms with Crippen molar-refractivity contribution in [2.75, 3.05) is 0 Å². The number of nitrogens with two attached hydrogens (primary N) is 2. The van der Waals surface area contributed by atoms with Gasteiger partial charge in [-0.1, -0.05) is 0 Å². The van der Waals surface area contributed by atoms with Gasteiger partial charge in [0.2, 0.25) is 5.96 Å². The molecular formula is C6H12N4O4. The van der Waals surface area contributed by atoms with E-state index in [4.69, 9.17) is 21.7 Å². The fraction of sp³-hybridized carbons (Fsp3) is 0.500. The number of nitrogens with one attached hydrogen (secondary N) is 1. The molecule has 0 spiro atoms. The molecule has 0 saturated carbocycles. The summed E-state index contributed by atoms with van der Waals surface area (Å²) in [6.45, 7) is 0. The second kappa shape index (κ2) is 5.62. The maximum atomic E-state index is 10.5. The standard InChI is InChI=1S/C6H12N4O4/c7-6(8)10-9-3(5(13)14)1-2-4(11)12/h3,9H,1-2H2,(H,11,12)(H,13,14)(H4,7,8,10). The Morgan fingerprint density at radius 2 is 1.93 bits per heavy atom. The van der Waals surface area contributed by atoms with Gasteiger partial charge in [0.25, 0.3) is 0 Å². The van der Waals surface area contributed by atoms with Gasteiger partial charge >= 0.3 is 11.9 Å². The molecule has 8 nitrogen and oxygen atoms in total. The number of carboxylic acids is 2. The van der Waals surface area contributed by atoms with Gasteiger partial charge in [-0.25, -0.2) is 4.79 Å². The SMILES string of the molecule is NC(N)=NNC(CCC(=O)O)C(=O)O. The highest BCUT2D eigenvalue weighted by Crippen LogP contribution is 1.97. The number of guanidine groups is 1. The van der Waals surface area contributed by atoms with E-state index in [0.717, 1.165) is 0 Å². The van der Waals surface area contributed by atoms with Crippen molar-refractivity contribution in [1.29, 1.82) is 0 Å². The summed E-state index contributed by atoms with van der Waals surface area (Å²) in [4.78, 5) is 20.7. The Labute approximate surface area is 79.6 Å². The predicted octanol–water partition coefficient (Wildman–Crippen LogP) is -1.92. The first-order valence-electron chi connectivity index (χ1n) is 3.72. The van der Waals surface area contributed by atoms with Crippen molar-refractivity contribution < 1.29 is 19.8 Å². The zero-order chi connectivity index (χ0) is 11.1. The van der Waals surface area contributed by atoms with Gasteiger partial charge in [-0.05, 0) is 6.42 Å². The van der Waals surface area contributed by atoms with E-state index >= 15 is 0 Å². The van der Waals surface area contributed by atoms with E-state index in [1.54, 1.807) is 0 Å². The number of rotatable bonds is 6. The van der Waals surface area contributed by atoms with Crippen molar-refractivity contribution in [3.8, 4) is 0 Å². The van der Waals surface area contributed by atoms with Crippen LogP contribution in [0.3, 0.4) is 0 Å². The Bertz CT molecular complexity index is 248. The Balaban J connectivity index is 4.10. The first-order chi connectivity index (χ1) is 6.43. The van der Waals surface area contributed by atoms with Crippen molar-refractivity contribution in [2.24, 2.45) is 16.6 Å². The largest absolute Gasteiger partial charge is 0.481 e. The van der Waals surface area contributed by atoms with Crippen molar-refractivity contribution in [3.63, 3.8) is 0 Å². The van der Waals surface area contributed by atoms with Gasteiger partial charge in [-0.15, -0.1) is 5.10 Å². The molecule has 0 aromatic rings. The number of nitrogens with zero attached hydrogens (tertiary/aromatic N) is 1. The van der Waals surface area contributed by atoms with Crippen LogP contribution in [0.15, 0.2) is 5.10 Å². The molecule has 8 heteroatoms. The second-order valence-corrected chi connectivity index (χ2v) is 2.49. The molecular weight excluding hydrogens is 192 g/mol. The molecule has 0 fully saturated rings. The van der Waals surface area contributed by atoms with Crippen molar-refractivity contribution >= 4 is 17.9 Å². The Morgan fingerprint density at radius 1 is 1.36 bits per heavy atom. The summed E-state index contributed by atoms with van der Waals surface area (Å²) in [7, 11) is 0. The zero-order valence-electron chi connectivity index (χ0n) is 7.30. The highest BCUT2D eigenvalue weighted by Gasteiger charge is 2.17. The average molecular weight is 204 g/mol. The first kappa shape index (κ1) is 12.0. The monoisotopic (exact) mass is 204 g/mol. The molecule has 0 rings (SSSR count). The van der Waals surface area contributed by atoms with Gasteiger partial charge < -0.3 is 21.7 Å². The highest BCUT2D eigenvalue weighted by atomic mass is 16.4. The fourth-order valence-corrected chi connectivity index (χ4v) is 0.664. The van der Waals surface area contributed by atoms with Crippen LogP contribution in [0, 0.1) is 0 Å².